The first-order valence-electron chi connectivity index (χ1n) is 9.17. The van der Waals surface area contributed by atoms with E-state index in [4.69, 9.17) is 4.74 Å². The fraction of sp³-hybridized carbons (Fsp3) is 0.650. The number of ether oxygens (including phenoxy) is 1. The SMILES string of the molecule is CC1CC(NC(=O)NCC(c2ccccc2)C(C)(C)CO)CC(C)O1. The van der Waals surface area contributed by atoms with Gasteiger partial charge in [-0.3, -0.25) is 0 Å². The van der Waals surface area contributed by atoms with Crippen molar-refractivity contribution in [2.75, 3.05) is 13.2 Å². The van der Waals surface area contributed by atoms with Crippen LogP contribution in [0.3, 0.4) is 0 Å². The number of amides is 2. The monoisotopic (exact) mass is 348 g/mol. The second-order valence-electron chi connectivity index (χ2n) is 7.89. The van der Waals surface area contributed by atoms with E-state index in [0.29, 0.717) is 6.54 Å². The number of hydrogen-bond donors (Lipinski definition) is 3. The molecule has 2 rings (SSSR count). The number of aliphatic hydroxyl groups is 1. The van der Waals surface area contributed by atoms with Gasteiger partial charge in [0.25, 0.3) is 0 Å². The van der Waals surface area contributed by atoms with Crippen molar-refractivity contribution in [3.05, 3.63) is 35.9 Å². The Hall–Kier alpha value is -1.59. The number of carbonyl (C=O) groups excluding carboxylic acids is 1. The molecule has 5 heteroatoms. The number of aliphatic hydroxyl groups excluding tert-OH is 1. The van der Waals surface area contributed by atoms with Crippen LogP contribution in [0.2, 0.25) is 0 Å². The van der Waals surface area contributed by atoms with Crippen LogP contribution in [0.1, 0.15) is 52.0 Å². The molecule has 1 fully saturated rings. The Bertz CT molecular complexity index is 537. The summed E-state index contributed by atoms with van der Waals surface area (Å²) in [4.78, 5) is 12.4. The highest BCUT2D eigenvalue weighted by atomic mass is 16.5. The molecule has 1 aliphatic rings. The van der Waals surface area contributed by atoms with E-state index in [9.17, 15) is 9.90 Å². The van der Waals surface area contributed by atoms with Gasteiger partial charge in [0.15, 0.2) is 0 Å². The first-order valence-corrected chi connectivity index (χ1v) is 9.17. The first-order chi connectivity index (χ1) is 11.8. The lowest BCUT2D eigenvalue weighted by Crippen LogP contribution is -2.49. The Kier molecular flexibility index (Phi) is 6.85. The quantitative estimate of drug-likeness (QED) is 0.740. The van der Waals surface area contributed by atoms with Gasteiger partial charge in [-0.15, -0.1) is 0 Å². The van der Waals surface area contributed by atoms with Crippen molar-refractivity contribution in [2.24, 2.45) is 5.41 Å². The van der Waals surface area contributed by atoms with Crippen LogP contribution in [0.25, 0.3) is 0 Å². The fourth-order valence-corrected chi connectivity index (χ4v) is 3.60. The van der Waals surface area contributed by atoms with Gasteiger partial charge in [0.2, 0.25) is 0 Å². The van der Waals surface area contributed by atoms with Crippen LogP contribution in [0.15, 0.2) is 30.3 Å². The predicted octanol–water partition coefficient (Wildman–Crippen LogP) is 3.04. The molecule has 3 atom stereocenters. The predicted molar refractivity (Wildman–Crippen MR) is 99.6 cm³/mol. The second-order valence-corrected chi connectivity index (χ2v) is 7.89. The fourth-order valence-electron chi connectivity index (χ4n) is 3.60. The number of urea groups is 1. The summed E-state index contributed by atoms with van der Waals surface area (Å²) in [5.41, 5.74) is 0.797. The Morgan fingerprint density at radius 2 is 1.84 bits per heavy atom. The van der Waals surface area contributed by atoms with Gasteiger partial charge in [0.1, 0.15) is 0 Å². The Morgan fingerprint density at radius 1 is 1.24 bits per heavy atom. The van der Waals surface area contributed by atoms with E-state index in [-0.39, 0.29) is 42.2 Å². The van der Waals surface area contributed by atoms with E-state index in [0.717, 1.165) is 18.4 Å². The molecule has 5 nitrogen and oxygen atoms in total. The lowest BCUT2D eigenvalue weighted by molar-refractivity contribution is -0.0402. The molecule has 3 unspecified atom stereocenters. The van der Waals surface area contributed by atoms with E-state index in [1.165, 1.54) is 0 Å². The van der Waals surface area contributed by atoms with Gasteiger partial charge >= 0.3 is 6.03 Å². The maximum atomic E-state index is 12.4. The molecule has 0 aliphatic carbocycles. The minimum Gasteiger partial charge on any atom is -0.396 e. The summed E-state index contributed by atoms with van der Waals surface area (Å²) in [5.74, 6) is 0.0389. The lowest BCUT2D eigenvalue weighted by atomic mass is 9.75. The highest BCUT2D eigenvalue weighted by molar-refractivity contribution is 5.74. The summed E-state index contributed by atoms with van der Waals surface area (Å²) in [7, 11) is 0. The molecule has 25 heavy (non-hydrogen) atoms. The summed E-state index contributed by atoms with van der Waals surface area (Å²) < 4.78 is 5.71. The Labute approximate surface area is 151 Å². The highest BCUT2D eigenvalue weighted by Gasteiger charge is 2.31. The van der Waals surface area contributed by atoms with E-state index in [2.05, 4.69) is 10.6 Å². The summed E-state index contributed by atoms with van der Waals surface area (Å²) in [6, 6.07) is 10.0. The van der Waals surface area contributed by atoms with Gasteiger partial charge in [-0.05, 0) is 37.7 Å². The summed E-state index contributed by atoms with van der Waals surface area (Å²) in [6.07, 6.45) is 2.00. The smallest absolute Gasteiger partial charge is 0.315 e. The Balaban J connectivity index is 1.95. The van der Waals surface area contributed by atoms with E-state index >= 15 is 0 Å². The molecule has 1 heterocycles. The van der Waals surface area contributed by atoms with Crippen molar-refractivity contribution in [3.63, 3.8) is 0 Å². The molecule has 1 aromatic carbocycles. The molecule has 1 saturated heterocycles. The minimum absolute atomic E-state index is 0.0389. The van der Waals surface area contributed by atoms with E-state index in [1.807, 2.05) is 58.0 Å². The van der Waals surface area contributed by atoms with Gasteiger partial charge in [-0.2, -0.15) is 0 Å². The number of rotatable bonds is 6. The molecule has 2 amide bonds. The molecule has 3 N–H and O–H groups in total. The van der Waals surface area contributed by atoms with Crippen LogP contribution < -0.4 is 10.6 Å². The molecule has 0 spiro atoms. The number of carbonyl (C=O) groups is 1. The molecule has 1 aliphatic heterocycles. The maximum Gasteiger partial charge on any atom is 0.315 e. The third kappa shape index (κ3) is 5.72. The van der Waals surface area contributed by atoms with Crippen LogP contribution in [0.5, 0.6) is 0 Å². The zero-order chi connectivity index (χ0) is 18.4. The van der Waals surface area contributed by atoms with E-state index in [1.54, 1.807) is 0 Å². The molecule has 0 radical (unpaired) electrons. The van der Waals surface area contributed by atoms with Crippen molar-refractivity contribution in [2.45, 2.75) is 64.7 Å². The average Bonchev–Trinajstić information content (AvgIpc) is 2.54. The summed E-state index contributed by atoms with van der Waals surface area (Å²) in [6.45, 7) is 8.66. The summed E-state index contributed by atoms with van der Waals surface area (Å²) in [5, 5.41) is 15.8. The standard InChI is InChI=1S/C20H32N2O3/c1-14-10-17(11-15(2)25-14)22-19(24)21-12-18(20(3,4)13-23)16-8-6-5-7-9-16/h5-9,14-15,17-18,23H,10-13H2,1-4H3,(H2,21,22,24). The Morgan fingerprint density at radius 3 is 2.40 bits per heavy atom. The summed E-state index contributed by atoms with van der Waals surface area (Å²) >= 11 is 0. The van der Waals surface area contributed by atoms with Crippen LogP contribution in [0.4, 0.5) is 4.79 Å². The number of hydrogen-bond acceptors (Lipinski definition) is 3. The molecular weight excluding hydrogens is 316 g/mol. The van der Waals surface area contributed by atoms with Crippen molar-refractivity contribution < 1.29 is 14.6 Å². The van der Waals surface area contributed by atoms with E-state index < -0.39 is 0 Å². The van der Waals surface area contributed by atoms with Crippen LogP contribution in [-0.2, 0) is 4.74 Å². The first kappa shape index (κ1) is 19.7. The molecule has 1 aromatic rings. The number of nitrogens with one attached hydrogen (secondary N) is 2. The third-order valence-corrected chi connectivity index (χ3v) is 5.05. The topological polar surface area (TPSA) is 70.6 Å². The minimum atomic E-state index is -0.323. The van der Waals surface area contributed by atoms with Gasteiger partial charge in [-0.1, -0.05) is 44.2 Å². The highest BCUT2D eigenvalue weighted by Crippen LogP contribution is 2.34. The van der Waals surface area contributed by atoms with Crippen molar-refractivity contribution in [1.82, 2.24) is 10.6 Å². The van der Waals surface area contributed by atoms with Crippen LogP contribution in [0, 0.1) is 5.41 Å². The van der Waals surface area contributed by atoms with Crippen molar-refractivity contribution >= 4 is 6.03 Å². The van der Waals surface area contributed by atoms with Crippen LogP contribution in [-0.4, -0.2) is 42.5 Å². The zero-order valence-corrected chi connectivity index (χ0v) is 15.8. The molecule has 0 bridgehead atoms. The molecule has 0 saturated carbocycles. The van der Waals surface area contributed by atoms with Crippen molar-refractivity contribution in [1.29, 1.82) is 0 Å². The van der Waals surface area contributed by atoms with Gasteiger partial charge in [0.05, 0.1) is 12.2 Å². The van der Waals surface area contributed by atoms with Gasteiger partial charge < -0.3 is 20.5 Å². The molecule has 140 valence electrons. The lowest BCUT2D eigenvalue weighted by Gasteiger charge is -2.34. The maximum absolute atomic E-state index is 12.4. The molecule has 0 aromatic heterocycles. The molecular formula is C20H32N2O3. The number of benzene rings is 1. The van der Waals surface area contributed by atoms with Crippen LogP contribution >= 0.6 is 0 Å². The largest absolute Gasteiger partial charge is 0.396 e. The van der Waals surface area contributed by atoms with Gasteiger partial charge in [-0.25, -0.2) is 4.79 Å². The second kappa shape index (κ2) is 8.68. The van der Waals surface area contributed by atoms with Crippen molar-refractivity contribution in [3.8, 4) is 0 Å². The van der Waals surface area contributed by atoms with Gasteiger partial charge in [0, 0.05) is 25.1 Å². The third-order valence-electron chi connectivity index (χ3n) is 5.05. The zero-order valence-electron chi connectivity index (χ0n) is 15.8. The normalized spacial score (nSPS) is 25.2. The average molecular weight is 348 g/mol.